The fraction of sp³-hybridized carbons (Fsp3) is 0.688. The molecule has 1 saturated carbocycles. The molecule has 1 N–H and O–H groups in total. The van der Waals surface area contributed by atoms with Gasteiger partial charge in [-0.25, -0.2) is 4.98 Å². The lowest BCUT2D eigenvalue weighted by atomic mass is 10.2. The number of anilines is 1. The second-order valence-corrected chi connectivity index (χ2v) is 6.62. The molecule has 0 spiro atoms. The summed E-state index contributed by atoms with van der Waals surface area (Å²) in [5, 5.41) is 3.15. The zero-order chi connectivity index (χ0) is 17.8. The molecule has 1 saturated heterocycles. The maximum atomic E-state index is 12.6. The largest absolute Gasteiger partial charge is 0.465 e. The van der Waals surface area contributed by atoms with Crippen molar-refractivity contribution in [2.24, 2.45) is 5.92 Å². The molecule has 1 aliphatic heterocycles. The molecule has 1 aromatic heterocycles. The van der Waals surface area contributed by atoms with Gasteiger partial charge in [-0.1, -0.05) is 11.6 Å². The van der Waals surface area contributed by atoms with Gasteiger partial charge in [-0.2, -0.15) is 0 Å². The summed E-state index contributed by atoms with van der Waals surface area (Å²) in [5.41, 5.74) is -0.478. The second-order valence-electron chi connectivity index (χ2n) is 6.23. The number of halogens is 1. The molecule has 2 atom stereocenters. The predicted molar refractivity (Wildman–Crippen MR) is 90.8 cm³/mol. The van der Waals surface area contributed by atoms with Crippen LogP contribution in [0.2, 0.25) is 5.15 Å². The average Bonchev–Trinajstić information content (AvgIpc) is 3.31. The first-order valence-electron chi connectivity index (χ1n) is 8.45. The maximum Gasteiger partial charge on any atom is 0.326 e. The van der Waals surface area contributed by atoms with Crippen molar-refractivity contribution in [3.8, 4) is 0 Å². The summed E-state index contributed by atoms with van der Waals surface area (Å²) in [7, 11) is 0. The van der Waals surface area contributed by atoms with Crippen LogP contribution >= 0.6 is 11.6 Å². The van der Waals surface area contributed by atoms with Crippen molar-refractivity contribution >= 4 is 23.4 Å². The number of nitrogens with one attached hydrogen (secondary N) is 1. The van der Waals surface area contributed by atoms with E-state index in [4.69, 9.17) is 25.8 Å². The van der Waals surface area contributed by atoms with Crippen LogP contribution in [0.1, 0.15) is 19.8 Å². The molecule has 0 radical (unpaired) electrons. The molecular weight excluding hydrogens is 350 g/mol. The van der Waals surface area contributed by atoms with Crippen LogP contribution in [0.5, 0.6) is 0 Å². The lowest BCUT2D eigenvalue weighted by molar-refractivity contribution is -0.143. The predicted octanol–water partition coefficient (Wildman–Crippen LogP) is 1.07. The zero-order valence-electron chi connectivity index (χ0n) is 14.1. The summed E-state index contributed by atoms with van der Waals surface area (Å²) in [6.45, 7) is 3.30. The Kier molecular flexibility index (Phi) is 5.93. The van der Waals surface area contributed by atoms with Crippen LogP contribution in [0, 0.1) is 5.92 Å². The third-order valence-electron chi connectivity index (χ3n) is 4.19. The van der Waals surface area contributed by atoms with Gasteiger partial charge in [0.25, 0.3) is 5.56 Å². The molecule has 3 rings (SSSR count). The van der Waals surface area contributed by atoms with Crippen LogP contribution in [0.25, 0.3) is 0 Å². The molecule has 1 aliphatic carbocycles. The van der Waals surface area contributed by atoms with Gasteiger partial charge >= 0.3 is 5.97 Å². The van der Waals surface area contributed by atoms with Crippen molar-refractivity contribution in [3.63, 3.8) is 0 Å². The summed E-state index contributed by atoms with van der Waals surface area (Å²) in [6, 6.07) is -0.170. The van der Waals surface area contributed by atoms with E-state index in [1.807, 2.05) is 0 Å². The molecule has 2 heterocycles. The Hall–Kier alpha value is -1.64. The summed E-state index contributed by atoms with van der Waals surface area (Å²) in [4.78, 5) is 28.3. The number of carbonyl (C=O) groups excluding carboxylic acids is 1. The lowest BCUT2D eigenvalue weighted by Crippen LogP contribution is -2.38. The van der Waals surface area contributed by atoms with E-state index in [1.54, 1.807) is 6.92 Å². The first kappa shape index (κ1) is 18.2. The number of carbonyl (C=O) groups is 1. The Bertz CT molecular complexity index is 676. The minimum atomic E-state index is -0.529. The molecule has 0 aromatic carbocycles. The van der Waals surface area contributed by atoms with Gasteiger partial charge in [0.1, 0.15) is 17.8 Å². The van der Waals surface area contributed by atoms with E-state index in [9.17, 15) is 9.59 Å². The van der Waals surface area contributed by atoms with Crippen LogP contribution in [0.4, 0.5) is 5.82 Å². The van der Waals surface area contributed by atoms with Crippen molar-refractivity contribution in [3.05, 3.63) is 21.7 Å². The topological polar surface area (TPSA) is 91.7 Å². The van der Waals surface area contributed by atoms with Gasteiger partial charge in [-0.05, 0) is 25.7 Å². The molecule has 9 heteroatoms. The smallest absolute Gasteiger partial charge is 0.326 e. The Balaban J connectivity index is 1.68. The highest BCUT2D eigenvalue weighted by atomic mass is 35.5. The number of aromatic nitrogens is 2. The molecule has 0 bridgehead atoms. The van der Waals surface area contributed by atoms with E-state index < -0.39 is 11.5 Å². The fourth-order valence-corrected chi connectivity index (χ4v) is 2.79. The van der Waals surface area contributed by atoms with Gasteiger partial charge in [-0.15, -0.1) is 0 Å². The van der Waals surface area contributed by atoms with Crippen LogP contribution in [-0.2, 0) is 25.5 Å². The average molecular weight is 372 g/mol. The number of ether oxygens (including phenoxy) is 3. The van der Waals surface area contributed by atoms with Gasteiger partial charge in [-0.3, -0.25) is 14.2 Å². The number of rotatable bonds is 8. The summed E-state index contributed by atoms with van der Waals surface area (Å²) >= 11 is 6.00. The number of esters is 1. The normalized spacial score (nSPS) is 22.8. The van der Waals surface area contributed by atoms with E-state index in [0.29, 0.717) is 25.7 Å². The number of nitrogens with zero attached hydrogens (tertiary/aromatic N) is 2. The monoisotopic (exact) mass is 371 g/mol. The Morgan fingerprint density at radius 2 is 2.28 bits per heavy atom. The van der Waals surface area contributed by atoms with E-state index in [0.717, 1.165) is 4.57 Å². The Labute approximate surface area is 150 Å². The van der Waals surface area contributed by atoms with Crippen molar-refractivity contribution in [1.29, 1.82) is 0 Å². The highest BCUT2D eigenvalue weighted by molar-refractivity contribution is 6.29. The molecular formula is C16H22ClN3O5. The first-order valence-corrected chi connectivity index (χ1v) is 8.83. The molecule has 138 valence electrons. The zero-order valence-corrected chi connectivity index (χ0v) is 14.8. The third kappa shape index (κ3) is 4.71. The molecule has 2 aliphatic rings. The minimum absolute atomic E-state index is 0.0767. The van der Waals surface area contributed by atoms with Crippen LogP contribution < -0.4 is 10.9 Å². The summed E-state index contributed by atoms with van der Waals surface area (Å²) < 4.78 is 17.3. The molecule has 8 nitrogen and oxygen atoms in total. The molecule has 25 heavy (non-hydrogen) atoms. The van der Waals surface area contributed by atoms with Gasteiger partial charge in [0.05, 0.1) is 32.1 Å². The maximum absolute atomic E-state index is 12.6. The highest BCUT2D eigenvalue weighted by Crippen LogP contribution is 2.30. The highest BCUT2D eigenvalue weighted by Gasteiger charge is 2.32. The molecule has 0 unspecified atom stereocenters. The Morgan fingerprint density at radius 3 is 3.00 bits per heavy atom. The van der Waals surface area contributed by atoms with Gasteiger partial charge in [0.2, 0.25) is 0 Å². The fourth-order valence-electron chi connectivity index (χ4n) is 2.60. The van der Waals surface area contributed by atoms with Crippen LogP contribution in [0.3, 0.4) is 0 Å². The molecule has 0 amide bonds. The SMILES string of the molecule is CCOC(=O)Cn1c(Cl)cnc(N[C@@H]2COC[C@H]2OCC2CC2)c1=O. The standard InChI is InChI=1S/C16H22ClN3O5/c1-2-24-14(21)6-20-13(17)5-18-15(16(20)22)19-11-8-23-9-12(11)25-7-10-3-4-10/h5,10-12H,2-4,6-9H2,1H3,(H,18,19)/t11-,12-/m1/s1. The first-order chi connectivity index (χ1) is 12.1. The molecule has 1 aromatic rings. The van der Waals surface area contributed by atoms with Crippen molar-refractivity contribution in [1.82, 2.24) is 9.55 Å². The van der Waals surface area contributed by atoms with E-state index >= 15 is 0 Å². The van der Waals surface area contributed by atoms with Crippen molar-refractivity contribution in [2.45, 2.75) is 38.5 Å². The quantitative estimate of drug-likeness (QED) is 0.683. The van der Waals surface area contributed by atoms with E-state index in [2.05, 4.69) is 10.3 Å². The van der Waals surface area contributed by atoms with Gasteiger partial charge < -0.3 is 19.5 Å². The van der Waals surface area contributed by atoms with Crippen LogP contribution in [0.15, 0.2) is 11.0 Å². The van der Waals surface area contributed by atoms with Crippen LogP contribution in [-0.4, -0.2) is 54.1 Å². The number of hydrogen-bond acceptors (Lipinski definition) is 7. The summed E-state index contributed by atoms with van der Waals surface area (Å²) in [6.07, 6.45) is 3.63. The second kappa shape index (κ2) is 8.16. The number of hydrogen-bond donors (Lipinski definition) is 1. The minimum Gasteiger partial charge on any atom is -0.465 e. The lowest BCUT2D eigenvalue weighted by Gasteiger charge is -2.20. The Morgan fingerprint density at radius 1 is 1.48 bits per heavy atom. The molecule has 2 fully saturated rings. The van der Waals surface area contributed by atoms with Gasteiger partial charge in [0.15, 0.2) is 5.82 Å². The van der Waals surface area contributed by atoms with E-state index in [1.165, 1.54) is 19.0 Å². The third-order valence-corrected chi connectivity index (χ3v) is 4.49. The van der Waals surface area contributed by atoms with Crippen molar-refractivity contribution in [2.75, 3.05) is 31.7 Å². The van der Waals surface area contributed by atoms with E-state index in [-0.39, 0.29) is 36.3 Å². The van der Waals surface area contributed by atoms with Gasteiger partial charge in [0, 0.05) is 6.61 Å². The van der Waals surface area contributed by atoms with Crippen molar-refractivity contribution < 1.29 is 19.0 Å². The summed E-state index contributed by atoms with van der Waals surface area (Å²) in [5.74, 6) is 0.236.